The molecule has 2 heterocycles. The Morgan fingerprint density at radius 3 is 2.69 bits per heavy atom. The molecule has 74 valence electrons. The molecule has 2 saturated heterocycles. The highest BCUT2D eigenvalue weighted by molar-refractivity contribution is 5.81. The van der Waals surface area contributed by atoms with Gasteiger partial charge in [-0.2, -0.15) is 0 Å². The maximum absolute atomic E-state index is 11.3. The molecule has 2 aliphatic rings. The highest BCUT2D eigenvalue weighted by atomic mass is 16.5. The summed E-state index contributed by atoms with van der Waals surface area (Å²) >= 11 is 0. The Hall–Kier alpha value is -0.650. The lowest BCUT2D eigenvalue weighted by Crippen LogP contribution is -2.40. The van der Waals surface area contributed by atoms with Gasteiger partial charge in [-0.15, -0.1) is 0 Å². The zero-order valence-electron chi connectivity index (χ0n) is 7.61. The average molecular weight is 185 g/mol. The third kappa shape index (κ3) is 1.82. The maximum atomic E-state index is 11.3. The Labute approximate surface area is 77.4 Å². The Balaban J connectivity index is 1.84. The minimum atomic E-state index is -0.330. The first-order valence-corrected chi connectivity index (χ1v) is 4.67. The van der Waals surface area contributed by atoms with Crippen molar-refractivity contribution >= 4 is 5.91 Å². The fraction of sp³-hybridized carbons (Fsp3) is 0.875. The van der Waals surface area contributed by atoms with Crippen molar-refractivity contribution < 1.29 is 9.53 Å². The van der Waals surface area contributed by atoms with Crippen molar-refractivity contribution in [3.05, 3.63) is 0 Å². The molecule has 5 heteroatoms. The van der Waals surface area contributed by atoms with Gasteiger partial charge in [-0.3, -0.25) is 9.80 Å². The molecule has 0 aromatic rings. The van der Waals surface area contributed by atoms with Crippen molar-refractivity contribution in [3.8, 4) is 0 Å². The average Bonchev–Trinajstić information content (AvgIpc) is 2.71. The molecule has 13 heavy (non-hydrogen) atoms. The number of hydrogen-bond acceptors (Lipinski definition) is 4. The van der Waals surface area contributed by atoms with Crippen molar-refractivity contribution in [2.24, 2.45) is 5.84 Å². The number of ether oxygens (including phenoxy) is 1. The van der Waals surface area contributed by atoms with Crippen LogP contribution in [0.25, 0.3) is 0 Å². The highest BCUT2D eigenvalue weighted by Crippen LogP contribution is 2.12. The summed E-state index contributed by atoms with van der Waals surface area (Å²) in [5.41, 5.74) is 0. The number of nitrogens with two attached hydrogens (primary N) is 1. The van der Waals surface area contributed by atoms with Crippen molar-refractivity contribution in [3.63, 3.8) is 0 Å². The topological polar surface area (TPSA) is 58.8 Å². The first-order chi connectivity index (χ1) is 6.27. The molecule has 2 N–H and O–H groups in total. The minimum Gasteiger partial charge on any atom is -0.345 e. The Bertz CT molecular complexity index is 204. The van der Waals surface area contributed by atoms with Crippen LogP contribution in [0.15, 0.2) is 0 Å². The van der Waals surface area contributed by atoms with Gasteiger partial charge >= 0.3 is 0 Å². The van der Waals surface area contributed by atoms with Crippen molar-refractivity contribution in [2.45, 2.75) is 18.9 Å². The van der Waals surface area contributed by atoms with Crippen LogP contribution in [0, 0.1) is 0 Å². The number of carbonyl (C=O) groups excluding carboxylic acids is 1. The summed E-state index contributed by atoms with van der Waals surface area (Å²) in [4.78, 5) is 13.6. The standard InChI is InChI=1S/C8H15N3O2/c9-11-6-13-7(8(11)12)5-10-3-1-2-4-10/h7H,1-6,9H2. The summed E-state index contributed by atoms with van der Waals surface area (Å²) in [5.74, 6) is 5.29. The smallest absolute Gasteiger partial charge is 0.269 e. The van der Waals surface area contributed by atoms with E-state index < -0.39 is 0 Å². The van der Waals surface area contributed by atoms with Crippen LogP contribution in [-0.2, 0) is 9.53 Å². The quantitative estimate of drug-likeness (QED) is 0.449. The normalized spacial score (nSPS) is 30.4. The number of hydrazine groups is 1. The van der Waals surface area contributed by atoms with Gasteiger partial charge in [0.25, 0.3) is 5.91 Å². The first kappa shape index (κ1) is 8.93. The Kier molecular flexibility index (Phi) is 2.48. The summed E-state index contributed by atoms with van der Waals surface area (Å²) in [5, 5.41) is 1.14. The van der Waals surface area contributed by atoms with Crippen LogP contribution in [0.2, 0.25) is 0 Å². The Morgan fingerprint density at radius 2 is 2.15 bits per heavy atom. The lowest BCUT2D eigenvalue weighted by atomic mass is 10.3. The molecule has 5 nitrogen and oxygen atoms in total. The highest BCUT2D eigenvalue weighted by Gasteiger charge is 2.32. The molecule has 0 bridgehead atoms. The van der Waals surface area contributed by atoms with Crippen LogP contribution in [0.5, 0.6) is 0 Å². The maximum Gasteiger partial charge on any atom is 0.269 e. The molecule has 0 aromatic heterocycles. The summed E-state index contributed by atoms with van der Waals surface area (Å²) in [6.07, 6.45) is 2.13. The Morgan fingerprint density at radius 1 is 1.46 bits per heavy atom. The van der Waals surface area contributed by atoms with E-state index in [0.29, 0.717) is 6.54 Å². The molecule has 1 unspecified atom stereocenters. The van der Waals surface area contributed by atoms with E-state index in [2.05, 4.69) is 4.90 Å². The van der Waals surface area contributed by atoms with E-state index in [1.54, 1.807) is 0 Å². The van der Waals surface area contributed by atoms with E-state index in [0.717, 1.165) is 18.1 Å². The van der Waals surface area contributed by atoms with Crippen LogP contribution < -0.4 is 5.84 Å². The molecule has 2 fully saturated rings. The van der Waals surface area contributed by atoms with Crippen LogP contribution in [0.3, 0.4) is 0 Å². The second-order valence-corrected chi connectivity index (χ2v) is 3.60. The van der Waals surface area contributed by atoms with E-state index >= 15 is 0 Å². The van der Waals surface area contributed by atoms with Gasteiger partial charge in [-0.1, -0.05) is 0 Å². The van der Waals surface area contributed by atoms with E-state index in [1.807, 2.05) is 0 Å². The molecule has 0 saturated carbocycles. The van der Waals surface area contributed by atoms with Gasteiger partial charge in [-0.05, 0) is 25.9 Å². The third-order valence-corrected chi connectivity index (χ3v) is 2.60. The van der Waals surface area contributed by atoms with Gasteiger partial charge in [0.2, 0.25) is 0 Å². The van der Waals surface area contributed by atoms with Gasteiger partial charge in [0.05, 0.1) is 0 Å². The summed E-state index contributed by atoms with van der Waals surface area (Å²) in [6.45, 7) is 3.10. The van der Waals surface area contributed by atoms with Crippen LogP contribution in [0.4, 0.5) is 0 Å². The third-order valence-electron chi connectivity index (χ3n) is 2.60. The molecule has 0 radical (unpaired) electrons. The summed E-state index contributed by atoms with van der Waals surface area (Å²) in [6, 6.07) is 0. The van der Waals surface area contributed by atoms with E-state index in [1.165, 1.54) is 12.8 Å². The summed E-state index contributed by atoms with van der Waals surface area (Å²) < 4.78 is 5.25. The lowest BCUT2D eigenvalue weighted by Gasteiger charge is -2.17. The van der Waals surface area contributed by atoms with Gasteiger partial charge in [0.1, 0.15) is 6.73 Å². The zero-order valence-corrected chi connectivity index (χ0v) is 7.61. The van der Waals surface area contributed by atoms with Crippen molar-refractivity contribution in [1.82, 2.24) is 9.91 Å². The number of amides is 1. The van der Waals surface area contributed by atoms with Crippen molar-refractivity contribution in [1.29, 1.82) is 0 Å². The van der Waals surface area contributed by atoms with Gasteiger partial charge in [0.15, 0.2) is 6.10 Å². The largest absolute Gasteiger partial charge is 0.345 e. The molecule has 1 amide bonds. The molecular formula is C8H15N3O2. The SMILES string of the molecule is NN1COC(CN2CCCC2)C1=O. The molecule has 0 aliphatic carbocycles. The van der Waals surface area contributed by atoms with Crippen LogP contribution in [-0.4, -0.2) is 48.3 Å². The minimum absolute atomic E-state index is 0.0908. The van der Waals surface area contributed by atoms with Gasteiger partial charge < -0.3 is 9.64 Å². The van der Waals surface area contributed by atoms with Crippen LogP contribution in [0.1, 0.15) is 12.8 Å². The predicted octanol–water partition coefficient (Wildman–Crippen LogP) is -0.859. The summed E-state index contributed by atoms with van der Waals surface area (Å²) in [7, 11) is 0. The van der Waals surface area contributed by atoms with E-state index in [9.17, 15) is 4.79 Å². The molecule has 2 rings (SSSR count). The monoisotopic (exact) mass is 185 g/mol. The number of nitrogens with zero attached hydrogens (tertiary/aromatic N) is 2. The molecule has 2 aliphatic heterocycles. The second-order valence-electron chi connectivity index (χ2n) is 3.60. The second kappa shape index (κ2) is 3.61. The number of carbonyl (C=O) groups is 1. The van der Waals surface area contributed by atoms with Crippen molar-refractivity contribution in [2.75, 3.05) is 26.4 Å². The molecule has 1 atom stereocenters. The van der Waals surface area contributed by atoms with Crippen LogP contribution >= 0.6 is 0 Å². The molecule has 0 spiro atoms. The van der Waals surface area contributed by atoms with Gasteiger partial charge in [-0.25, -0.2) is 5.84 Å². The molecule has 0 aromatic carbocycles. The van der Waals surface area contributed by atoms with E-state index in [-0.39, 0.29) is 18.7 Å². The zero-order chi connectivity index (χ0) is 9.26. The van der Waals surface area contributed by atoms with Gasteiger partial charge in [0, 0.05) is 6.54 Å². The molecular weight excluding hydrogens is 170 g/mol. The predicted molar refractivity (Wildman–Crippen MR) is 46.4 cm³/mol. The fourth-order valence-corrected chi connectivity index (χ4v) is 1.82. The number of hydrogen-bond donors (Lipinski definition) is 1. The van der Waals surface area contributed by atoms with E-state index in [4.69, 9.17) is 10.6 Å². The number of rotatable bonds is 2. The fourth-order valence-electron chi connectivity index (χ4n) is 1.82. The number of likely N-dealkylation sites (tertiary alicyclic amines) is 1. The lowest BCUT2D eigenvalue weighted by molar-refractivity contribution is -0.130. The first-order valence-electron chi connectivity index (χ1n) is 4.67.